The number of aromatic nitrogens is 2. The van der Waals surface area contributed by atoms with Gasteiger partial charge in [-0.1, -0.05) is 41.4 Å². The minimum Gasteiger partial charge on any atom is -0.437 e. The van der Waals surface area contributed by atoms with E-state index in [9.17, 15) is 4.79 Å². The zero-order valence-corrected chi connectivity index (χ0v) is 15.8. The number of benzene rings is 2. The van der Waals surface area contributed by atoms with Crippen LogP contribution in [0.5, 0.6) is 11.6 Å². The number of fused-ring (bicyclic) bond motifs is 1. The molecule has 0 radical (unpaired) electrons. The smallest absolute Gasteiger partial charge is 0.252 e. The highest BCUT2D eigenvalue weighted by Crippen LogP contribution is 2.39. The van der Waals surface area contributed by atoms with E-state index in [2.05, 4.69) is 9.97 Å². The fourth-order valence-corrected chi connectivity index (χ4v) is 3.84. The number of rotatable bonds is 4. The molecule has 0 unspecified atom stereocenters. The number of carbonyl (C=O) groups is 1. The summed E-state index contributed by atoms with van der Waals surface area (Å²) in [6.07, 6.45) is 1.44. The van der Waals surface area contributed by atoms with Gasteiger partial charge in [0.05, 0.1) is 10.9 Å². The van der Waals surface area contributed by atoms with Crippen LogP contribution in [0.3, 0.4) is 0 Å². The molecule has 2 aromatic carbocycles. The lowest BCUT2D eigenvalue weighted by molar-refractivity contribution is 0.0998. The molecule has 0 aliphatic rings. The number of nitrogens with two attached hydrogens (primary N) is 1. The monoisotopic (exact) mass is 395 g/mol. The maximum atomic E-state index is 11.8. The van der Waals surface area contributed by atoms with Crippen molar-refractivity contribution in [1.29, 1.82) is 0 Å². The average molecular weight is 396 g/mol. The van der Waals surface area contributed by atoms with Crippen LogP contribution >= 0.6 is 22.9 Å². The van der Waals surface area contributed by atoms with Gasteiger partial charge in [0.25, 0.3) is 5.91 Å². The van der Waals surface area contributed by atoms with E-state index in [-0.39, 0.29) is 5.56 Å². The van der Waals surface area contributed by atoms with E-state index >= 15 is 0 Å². The second kappa shape index (κ2) is 6.98. The molecule has 4 rings (SSSR count). The van der Waals surface area contributed by atoms with Gasteiger partial charge in [0.1, 0.15) is 16.9 Å². The number of primary amides is 1. The molecule has 0 spiro atoms. The number of aryl methyl sites for hydroxylation is 1. The van der Waals surface area contributed by atoms with Crippen LogP contribution in [0.25, 0.3) is 21.3 Å². The highest BCUT2D eigenvalue weighted by atomic mass is 35.5. The Morgan fingerprint density at radius 3 is 2.67 bits per heavy atom. The van der Waals surface area contributed by atoms with Crippen molar-refractivity contribution >= 4 is 39.1 Å². The Bertz CT molecular complexity index is 1160. The van der Waals surface area contributed by atoms with Gasteiger partial charge in [-0.25, -0.2) is 9.97 Å². The first-order chi connectivity index (χ1) is 13.0. The molecule has 4 aromatic rings. The zero-order chi connectivity index (χ0) is 19.0. The summed E-state index contributed by atoms with van der Waals surface area (Å²) in [7, 11) is 0. The number of nitrogens with zero attached hydrogens (tertiary/aromatic N) is 2. The lowest BCUT2D eigenvalue weighted by Crippen LogP contribution is -2.12. The van der Waals surface area contributed by atoms with Crippen molar-refractivity contribution in [2.75, 3.05) is 0 Å². The summed E-state index contributed by atoms with van der Waals surface area (Å²) >= 11 is 7.48. The largest absolute Gasteiger partial charge is 0.437 e. The normalized spacial score (nSPS) is 10.9. The molecular weight excluding hydrogens is 382 g/mol. The minimum atomic E-state index is -0.623. The second-order valence-corrected chi connectivity index (χ2v) is 7.28. The molecule has 2 N–H and O–H groups in total. The molecule has 0 fully saturated rings. The molecule has 7 heteroatoms. The van der Waals surface area contributed by atoms with E-state index in [0.29, 0.717) is 16.7 Å². The van der Waals surface area contributed by atoms with Gasteiger partial charge < -0.3 is 10.5 Å². The lowest BCUT2D eigenvalue weighted by atomic mass is 10.0. The predicted molar refractivity (Wildman–Crippen MR) is 108 cm³/mol. The highest BCUT2D eigenvalue weighted by Gasteiger charge is 2.17. The summed E-state index contributed by atoms with van der Waals surface area (Å²) in [5.41, 5.74) is 8.84. The Kier molecular flexibility index (Phi) is 4.51. The summed E-state index contributed by atoms with van der Waals surface area (Å²) in [5.74, 6) is 0.0384. The number of thiophene rings is 1. The van der Waals surface area contributed by atoms with Crippen LogP contribution in [0, 0.1) is 6.92 Å². The Balaban J connectivity index is 1.85. The van der Waals surface area contributed by atoms with Crippen molar-refractivity contribution in [2.24, 2.45) is 5.73 Å². The van der Waals surface area contributed by atoms with Crippen LogP contribution in [0.4, 0.5) is 0 Å². The van der Waals surface area contributed by atoms with Crippen molar-refractivity contribution in [2.45, 2.75) is 6.92 Å². The zero-order valence-electron chi connectivity index (χ0n) is 14.3. The first-order valence-corrected chi connectivity index (χ1v) is 9.35. The van der Waals surface area contributed by atoms with Gasteiger partial charge in [-0.2, -0.15) is 0 Å². The summed E-state index contributed by atoms with van der Waals surface area (Å²) in [5, 5.41) is 3.21. The van der Waals surface area contributed by atoms with Gasteiger partial charge in [0.15, 0.2) is 0 Å². The molecule has 0 saturated carbocycles. The first-order valence-electron chi connectivity index (χ1n) is 8.09. The third kappa shape index (κ3) is 3.37. The third-order valence-corrected chi connectivity index (χ3v) is 5.23. The molecule has 0 atom stereocenters. The van der Waals surface area contributed by atoms with E-state index in [4.69, 9.17) is 22.1 Å². The molecule has 2 heterocycles. The number of amides is 1. The topological polar surface area (TPSA) is 78.1 Å². The van der Waals surface area contributed by atoms with Crippen molar-refractivity contribution in [3.63, 3.8) is 0 Å². The number of ether oxygens (including phenoxy) is 1. The Morgan fingerprint density at radius 2 is 1.93 bits per heavy atom. The van der Waals surface area contributed by atoms with E-state index in [0.717, 1.165) is 21.3 Å². The molecule has 0 saturated heterocycles. The van der Waals surface area contributed by atoms with Crippen molar-refractivity contribution in [1.82, 2.24) is 9.97 Å². The number of carbonyl (C=O) groups excluding carboxylic acids is 1. The van der Waals surface area contributed by atoms with Gasteiger partial charge in [0.2, 0.25) is 5.88 Å². The van der Waals surface area contributed by atoms with Crippen LogP contribution in [-0.2, 0) is 0 Å². The van der Waals surface area contributed by atoms with Crippen LogP contribution in [0.2, 0.25) is 5.02 Å². The van der Waals surface area contributed by atoms with E-state index in [1.807, 2.05) is 36.6 Å². The van der Waals surface area contributed by atoms with Gasteiger partial charge in [-0.3, -0.25) is 4.79 Å². The standard InChI is InChI=1S/C20H14ClN3O2S/c1-11-2-4-12(5-3-11)15-9-27-20-17(15)19(23-10-24-20)26-16-7-6-13(21)8-14(16)18(22)25/h2-10H,1H3,(H2,22,25). The molecule has 0 bridgehead atoms. The molecule has 5 nitrogen and oxygen atoms in total. The van der Waals surface area contributed by atoms with Gasteiger partial charge in [-0.15, -0.1) is 11.3 Å². The molecule has 2 aromatic heterocycles. The molecule has 1 amide bonds. The third-order valence-electron chi connectivity index (χ3n) is 4.11. The van der Waals surface area contributed by atoms with Gasteiger partial charge in [0, 0.05) is 16.0 Å². The number of hydrogen-bond acceptors (Lipinski definition) is 5. The molecule has 0 aliphatic carbocycles. The summed E-state index contributed by atoms with van der Waals surface area (Å²) in [6.45, 7) is 2.04. The van der Waals surface area contributed by atoms with E-state index in [1.165, 1.54) is 29.3 Å². The fourth-order valence-electron chi connectivity index (χ4n) is 2.76. The quantitative estimate of drug-likeness (QED) is 0.514. The van der Waals surface area contributed by atoms with Crippen LogP contribution < -0.4 is 10.5 Å². The highest BCUT2D eigenvalue weighted by molar-refractivity contribution is 7.17. The van der Waals surface area contributed by atoms with Crippen LogP contribution in [0.1, 0.15) is 15.9 Å². The maximum Gasteiger partial charge on any atom is 0.252 e. The van der Waals surface area contributed by atoms with Crippen molar-refractivity contribution < 1.29 is 9.53 Å². The maximum absolute atomic E-state index is 11.8. The van der Waals surface area contributed by atoms with Crippen LogP contribution in [-0.4, -0.2) is 15.9 Å². The Morgan fingerprint density at radius 1 is 1.15 bits per heavy atom. The SMILES string of the molecule is Cc1ccc(-c2csc3ncnc(Oc4ccc(Cl)cc4C(N)=O)c23)cc1. The molecule has 0 aliphatic heterocycles. The van der Waals surface area contributed by atoms with E-state index in [1.54, 1.807) is 12.1 Å². The van der Waals surface area contributed by atoms with Crippen molar-refractivity contribution in [3.8, 4) is 22.8 Å². The lowest BCUT2D eigenvalue weighted by Gasteiger charge is -2.10. The van der Waals surface area contributed by atoms with Gasteiger partial charge in [-0.05, 0) is 30.7 Å². The summed E-state index contributed by atoms with van der Waals surface area (Å²) < 4.78 is 5.98. The van der Waals surface area contributed by atoms with Crippen LogP contribution in [0.15, 0.2) is 54.2 Å². The number of halogens is 1. The summed E-state index contributed by atoms with van der Waals surface area (Å²) in [4.78, 5) is 21.2. The predicted octanol–water partition coefficient (Wildman–Crippen LogP) is 5.21. The molecule has 134 valence electrons. The van der Waals surface area contributed by atoms with Gasteiger partial charge >= 0.3 is 0 Å². The molecule has 27 heavy (non-hydrogen) atoms. The second-order valence-electron chi connectivity index (χ2n) is 5.98. The minimum absolute atomic E-state index is 0.196. The molecular formula is C20H14ClN3O2S. The van der Waals surface area contributed by atoms with Crippen molar-refractivity contribution in [3.05, 3.63) is 70.3 Å². The Labute approximate surface area is 164 Å². The Hall–Kier alpha value is -2.96. The first kappa shape index (κ1) is 17.5. The average Bonchev–Trinajstić information content (AvgIpc) is 3.09. The van der Waals surface area contributed by atoms with E-state index < -0.39 is 5.91 Å². The fraction of sp³-hybridized carbons (Fsp3) is 0.0500. The number of hydrogen-bond donors (Lipinski definition) is 1. The summed E-state index contributed by atoms with van der Waals surface area (Å²) in [6, 6.07) is 12.9.